The lowest BCUT2D eigenvalue weighted by Crippen LogP contribution is -2.40. The van der Waals surface area contributed by atoms with E-state index in [2.05, 4.69) is 10.9 Å². The van der Waals surface area contributed by atoms with Crippen molar-refractivity contribution in [1.29, 1.82) is 0 Å². The Hall–Kier alpha value is -1.96. The molecule has 156 valence electrons. The smallest absolute Gasteiger partial charge is 0.252 e. The summed E-state index contributed by atoms with van der Waals surface area (Å²) in [5.41, 5.74) is 0.880. The minimum Gasteiger partial charge on any atom is -0.305 e. The van der Waals surface area contributed by atoms with Crippen LogP contribution >= 0.6 is 34.3 Å². The van der Waals surface area contributed by atoms with E-state index >= 15 is 0 Å². The molecular weight excluding hydrogens is 462 g/mol. The number of aromatic nitrogens is 1. The number of nitrogens with zero attached hydrogens (tertiary/aromatic N) is 3. The van der Waals surface area contributed by atoms with Crippen molar-refractivity contribution in [2.24, 2.45) is 10.9 Å². The van der Waals surface area contributed by atoms with Crippen LogP contribution in [0.25, 0.3) is 10.2 Å². The van der Waals surface area contributed by atoms with Crippen LogP contribution in [-0.2, 0) is 21.4 Å². The number of amides is 1. The van der Waals surface area contributed by atoms with Crippen LogP contribution in [0.1, 0.15) is 12.8 Å². The molecule has 0 aliphatic carbocycles. The van der Waals surface area contributed by atoms with Crippen LogP contribution < -0.4 is 4.80 Å². The zero-order chi connectivity index (χ0) is 21.3. The number of sulfonamides is 1. The molecule has 4 rings (SSSR count). The van der Waals surface area contributed by atoms with Crippen LogP contribution in [0.3, 0.4) is 0 Å². The number of benzene rings is 1. The lowest BCUT2D eigenvalue weighted by Gasteiger charge is -2.29. The summed E-state index contributed by atoms with van der Waals surface area (Å²) in [5.74, 6) is 2.04. The Labute approximate surface area is 187 Å². The number of terminal acetylenes is 1. The van der Waals surface area contributed by atoms with Crippen molar-refractivity contribution >= 4 is 60.4 Å². The molecule has 1 aliphatic heterocycles. The van der Waals surface area contributed by atoms with Crippen LogP contribution in [0, 0.1) is 18.3 Å². The third-order valence-corrected chi connectivity index (χ3v) is 9.54. The Morgan fingerprint density at radius 3 is 2.73 bits per heavy atom. The molecule has 0 spiro atoms. The van der Waals surface area contributed by atoms with Crippen molar-refractivity contribution in [3.63, 3.8) is 0 Å². The summed E-state index contributed by atoms with van der Waals surface area (Å²) in [7, 11) is -3.49. The largest absolute Gasteiger partial charge is 0.305 e. The fourth-order valence-electron chi connectivity index (χ4n) is 3.44. The molecule has 1 fully saturated rings. The molecule has 1 aromatic carbocycles. The average molecular weight is 480 g/mol. The van der Waals surface area contributed by atoms with Gasteiger partial charge in [-0.25, -0.2) is 8.42 Å². The standard InChI is InChI=1S/C20H18ClN3O3S3/c1-2-9-24-16-6-5-15(21)13-17(16)29-20(24)22-19(25)14-7-10-23(11-8-14)30(26,27)18-4-3-12-28-18/h1,3-6,12-14H,7-11H2. The van der Waals surface area contributed by atoms with E-state index in [-0.39, 0.29) is 11.8 Å². The van der Waals surface area contributed by atoms with Gasteiger partial charge < -0.3 is 4.57 Å². The number of thiophene rings is 1. The number of fused-ring (bicyclic) bond motifs is 1. The predicted molar refractivity (Wildman–Crippen MR) is 120 cm³/mol. The van der Waals surface area contributed by atoms with Gasteiger partial charge in [0.05, 0.1) is 16.8 Å². The molecule has 0 bridgehead atoms. The van der Waals surface area contributed by atoms with Gasteiger partial charge in [0.1, 0.15) is 4.21 Å². The maximum absolute atomic E-state index is 12.8. The Balaban J connectivity index is 1.55. The van der Waals surface area contributed by atoms with Crippen LogP contribution in [0.2, 0.25) is 5.02 Å². The van der Waals surface area contributed by atoms with Crippen molar-refractivity contribution < 1.29 is 13.2 Å². The molecule has 0 radical (unpaired) electrons. The van der Waals surface area contributed by atoms with Crippen LogP contribution in [-0.4, -0.2) is 36.3 Å². The summed E-state index contributed by atoms with van der Waals surface area (Å²) < 4.78 is 29.8. The predicted octanol–water partition coefficient (Wildman–Crippen LogP) is 3.58. The highest BCUT2D eigenvalue weighted by molar-refractivity contribution is 7.91. The van der Waals surface area contributed by atoms with E-state index in [9.17, 15) is 13.2 Å². The first kappa shape index (κ1) is 21.3. The maximum atomic E-state index is 12.8. The monoisotopic (exact) mass is 479 g/mol. The quantitative estimate of drug-likeness (QED) is 0.537. The van der Waals surface area contributed by atoms with E-state index in [4.69, 9.17) is 18.0 Å². The second kappa shape index (κ2) is 8.65. The second-order valence-corrected chi connectivity index (χ2v) is 11.4. The number of hydrogen-bond donors (Lipinski definition) is 0. The number of hydrogen-bond acceptors (Lipinski definition) is 5. The fourth-order valence-corrected chi connectivity index (χ4v) is 7.37. The number of rotatable bonds is 4. The first-order chi connectivity index (χ1) is 14.4. The summed E-state index contributed by atoms with van der Waals surface area (Å²) >= 11 is 8.64. The number of halogens is 1. The fraction of sp³-hybridized carbons (Fsp3) is 0.300. The zero-order valence-electron chi connectivity index (χ0n) is 15.8. The van der Waals surface area contributed by atoms with E-state index in [1.165, 1.54) is 27.0 Å². The highest BCUT2D eigenvalue weighted by atomic mass is 35.5. The van der Waals surface area contributed by atoms with Gasteiger partial charge in [-0.2, -0.15) is 9.30 Å². The van der Waals surface area contributed by atoms with Gasteiger partial charge in [0, 0.05) is 24.0 Å². The normalized spacial score (nSPS) is 16.7. The van der Waals surface area contributed by atoms with Crippen molar-refractivity contribution in [2.75, 3.05) is 13.1 Å². The van der Waals surface area contributed by atoms with Crippen molar-refractivity contribution in [3.8, 4) is 12.3 Å². The zero-order valence-corrected chi connectivity index (χ0v) is 19.0. The molecule has 0 N–H and O–H groups in total. The third-order valence-electron chi connectivity index (χ3n) is 4.99. The molecular formula is C20H18ClN3O3S3. The summed E-state index contributed by atoms with van der Waals surface area (Å²) in [4.78, 5) is 17.7. The Morgan fingerprint density at radius 2 is 2.07 bits per heavy atom. The van der Waals surface area contributed by atoms with E-state index in [0.717, 1.165) is 10.2 Å². The first-order valence-electron chi connectivity index (χ1n) is 9.25. The van der Waals surface area contributed by atoms with Crippen LogP contribution in [0.15, 0.2) is 44.9 Å². The van der Waals surface area contributed by atoms with Gasteiger partial charge in [0.2, 0.25) is 0 Å². The van der Waals surface area contributed by atoms with Gasteiger partial charge >= 0.3 is 0 Å². The topological polar surface area (TPSA) is 71.7 Å². The highest BCUT2D eigenvalue weighted by Crippen LogP contribution is 2.27. The van der Waals surface area contributed by atoms with Gasteiger partial charge in [-0.1, -0.05) is 34.9 Å². The first-order valence-corrected chi connectivity index (χ1v) is 12.8. The van der Waals surface area contributed by atoms with E-state index in [0.29, 0.717) is 46.5 Å². The van der Waals surface area contributed by atoms with Gasteiger partial charge in [0.15, 0.2) is 4.80 Å². The van der Waals surface area contributed by atoms with Crippen molar-refractivity contribution in [3.05, 3.63) is 45.5 Å². The lowest BCUT2D eigenvalue weighted by atomic mass is 9.98. The maximum Gasteiger partial charge on any atom is 0.252 e. The van der Waals surface area contributed by atoms with Gasteiger partial charge in [-0.3, -0.25) is 4.79 Å². The summed E-state index contributed by atoms with van der Waals surface area (Å²) in [6, 6.07) is 8.79. The average Bonchev–Trinajstić information content (AvgIpc) is 3.38. The minimum atomic E-state index is -3.49. The molecule has 10 heteroatoms. The SMILES string of the molecule is C#CCn1c(=NC(=O)C2CCN(S(=O)(=O)c3cccs3)CC2)sc2cc(Cl)ccc21. The number of thiazole rings is 1. The van der Waals surface area contributed by atoms with Crippen molar-refractivity contribution in [1.82, 2.24) is 8.87 Å². The molecule has 0 saturated carbocycles. The number of carbonyl (C=O) groups is 1. The third kappa shape index (κ3) is 4.11. The summed E-state index contributed by atoms with van der Waals surface area (Å²) in [6.07, 6.45) is 6.39. The number of piperidine rings is 1. The summed E-state index contributed by atoms with van der Waals surface area (Å²) in [5, 5.41) is 2.35. The Morgan fingerprint density at radius 1 is 1.30 bits per heavy atom. The molecule has 1 saturated heterocycles. The van der Waals surface area contributed by atoms with Gasteiger partial charge in [-0.15, -0.1) is 17.8 Å². The molecule has 0 unspecified atom stereocenters. The Bertz CT molecular complexity index is 1290. The molecule has 1 amide bonds. The summed E-state index contributed by atoms with van der Waals surface area (Å²) in [6.45, 7) is 0.905. The van der Waals surface area contributed by atoms with E-state index in [1.54, 1.807) is 23.6 Å². The van der Waals surface area contributed by atoms with E-state index in [1.807, 2.05) is 16.7 Å². The van der Waals surface area contributed by atoms with Gasteiger partial charge in [-0.05, 0) is 42.5 Å². The van der Waals surface area contributed by atoms with Crippen LogP contribution in [0.4, 0.5) is 0 Å². The molecule has 2 aromatic heterocycles. The number of carbonyl (C=O) groups excluding carboxylic acids is 1. The molecule has 30 heavy (non-hydrogen) atoms. The van der Waals surface area contributed by atoms with Gasteiger partial charge in [0.25, 0.3) is 15.9 Å². The molecule has 3 heterocycles. The molecule has 3 aromatic rings. The molecule has 6 nitrogen and oxygen atoms in total. The van der Waals surface area contributed by atoms with Crippen molar-refractivity contribution in [2.45, 2.75) is 23.6 Å². The van der Waals surface area contributed by atoms with E-state index < -0.39 is 10.0 Å². The molecule has 1 aliphatic rings. The molecule has 0 atom stereocenters. The Kier molecular flexibility index (Phi) is 6.14. The minimum absolute atomic E-state index is 0.244. The lowest BCUT2D eigenvalue weighted by molar-refractivity contribution is -0.122. The highest BCUT2D eigenvalue weighted by Gasteiger charge is 2.32. The van der Waals surface area contributed by atoms with Crippen LogP contribution in [0.5, 0.6) is 0 Å². The second-order valence-electron chi connectivity index (χ2n) is 6.85.